The normalized spacial score (nSPS) is 23.7. The first kappa shape index (κ1) is 10.3. The maximum Gasteiger partial charge on any atom is 0.199 e. The Balaban J connectivity index is 2.70. The van der Waals surface area contributed by atoms with E-state index >= 15 is 0 Å². The predicted molar refractivity (Wildman–Crippen MR) is 52.6 cm³/mol. The Labute approximate surface area is 88.2 Å². The molecule has 0 spiro atoms. The highest BCUT2D eigenvalue weighted by molar-refractivity contribution is 9.09. The molecule has 0 aliphatic carbocycles. The molecule has 1 aliphatic rings. The fraction of sp³-hybridized carbons (Fsp3) is 0.500. The van der Waals surface area contributed by atoms with E-state index in [2.05, 4.69) is 20.9 Å². The highest BCUT2D eigenvalue weighted by Gasteiger charge is 2.19. The number of alkyl halides is 2. The van der Waals surface area contributed by atoms with E-state index in [-0.39, 0.29) is 5.17 Å². The topological polar surface area (TPSA) is 15.6 Å². The molecular weight excluding hydrogens is 270 g/mol. The smallest absolute Gasteiger partial charge is 0.199 e. The van der Waals surface area contributed by atoms with Gasteiger partial charge >= 0.3 is 0 Å². The Bertz CT molecular complexity index is 232. The summed E-state index contributed by atoms with van der Waals surface area (Å²) in [6.07, 6.45) is 1.26. The van der Waals surface area contributed by atoms with Crippen LogP contribution < -0.4 is 0 Å². The molecular formula is C6H6BrCl2FN2. The van der Waals surface area contributed by atoms with Gasteiger partial charge in [-0.05, 0) is 0 Å². The molecule has 0 saturated heterocycles. The van der Waals surface area contributed by atoms with Crippen LogP contribution in [0.2, 0.25) is 0 Å². The summed E-state index contributed by atoms with van der Waals surface area (Å²) in [5, 5.41) is 0.536. The lowest BCUT2D eigenvalue weighted by molar-refractivity contribution is 0.362. The second kappa shape index (κ2) is 4.44. The van der Waals surface area contributed by atoms with E-state index in [9.17, 15) is 4.39 Å². The van der Waals surface area contributed by atoms with Crippen LogP contribution in [0.4, 0.5) is 4.39 Å². The van der Waals surface area contributed by atoms with E-state index in [0.29, 0.717) is 11.9 Å². The minimum atomic E-state index is -0.602. The third kappa shape index (κ3) is 2.34. The van der Waals surface area contributed by atoms with Crippen LogP contribution in [0.3, 0.4) is 0 Å². The van der Waals surface area contributed by atoms with Gasteiger partial charge in [0.15, 0.2) is 16.6 Å². The quantitative estimate of drug-likeness (QED) is 0.559. The van der Waals surface area contributed by atoms with Crippen LogP contribution in [0, 0.1) is 0 Å². The Morgan fingerprint density at radius 3 is 3.00 bits per heavy atom. The van der Waals surface area contributed by atoms with Crippen molar-refractivity contribution in [1.82, 2.24) is 4.90 Å². The van der Waals surface area contributed by atoms with E-state index in [4.69, 9.17) is 23.2 Å². The highest BCUT2D eigenvalue weighted by atomic mass is 79.9. The standard InChI is InChI=1S/C6H6BrCl2FN2/c7-1-2-12-3-4(10)5(8)11-6(12)9/h3,6H,1-2H2. The van der Waals surface area contributed by atoms with Gasteiger partial charge in [-0.25, -0.2) is 9.38 Å². The molecule has 12 heavy (non-hydrogen) atoms. The van der Waals surface area contributed by atoms with Crippen LogP contribution in [-0.4, -0.2) is 27.6 Å². The summed E-state index contributed by atoms with van der Waals surface area (Å²) in [6.45, 7) is 0.593. The van der Waals surface area contributed by atoms with Crippen LogP contribution in [-0.2, 0) is 0 Å². The number of allylic oxidation sites excluding steroid dienone is 1. The van der Waals surface area contributed by atoms with Crippen LogP contribution in [0.15, 0.2) is 17.0 Å². The van der Waals surface area contributed by atoms with Gasteiger partial charge in [-0.15, -0.1) is 0 Å². The molecule has 0 aromatic rings. The lowest BCUT2D eigenvalue weighted by atomic mass is 10.5. The molecule has 2 nitrogen and oxygen atoms in total. The Morgan fingerprint density at radius 1 is 1.75 bits per heavy atom. The molecule has 1 aliphatic heterocycles. The zero-order chi connectivity index (χ0) is 9.14. The minimum absolute atomic E-state index is 0.166. The van der Waals surface area contributed by atoms with Crippen molar-refractivity contribution in [2.24, 2.45) is 4.99 Å². The van der Waals surface area contributed by atoms with Crippen molar-refractivity contribution in [2.75, 3.05) is 11.9 Å². The third-order valence-corrected chi connectivity index (χ3v) is 2.29. The highest BCUT2D eigenvalue weighted by Crippen LogP contribution is 2.19. The van der Waals surface area contributed by atoms with Crippen molar-refractivity contribution in [3.8, 4) is 0 Å². The summed E-state index contributed by atoms with van der Waals surface area (Å²) in [5.74, 6) is -0.547. The molecule has 6 heteroatoms. The van der Waals surface area contributed by atoms with E-state index in [0.717, 1.165) is 0 Å². The van der Waals surface area contributed by atoms with Gasteiger partial charge in [0.1, 0.15) is 0 Å². The maximum atomic E-state index is 12.8. The average molecular weight is 276 g/mol. The largest absolute Gasteiger partial charge is 0.340 e. The summed E-state index contributed by atoms with van der Waals surface area (Å²) >= 11 is 14.4. The molecule has 0 N–H and O–H groups in total. The van der Waals surface area contributed by atoms with Gasteiger partial charge in [0.05, 0.1) is 0 Å². The molecule has 0 saturated carbocycles. The van der Waals surface area contributed by atoms with Gasteiger partial charge in [-0.3, -0.25) is 0 Å². The van der Waals surface area contributed by atoms with Crippen molar-refractivity contribution in [3.05, 3.63) is 12.0 Å². The van der Waals surface area contributed by atoms with Gasteiger partial charge in [-0.2, -0.15) is 0 Å². The van der Waals surface area contributed by atoms with Gasteiger partial charge in [0.2, 0.25) is 0 Å². The van der Waals surface area contributed by atoms with E-state index in [1.165, 1.54) is 6.20 Å². The molecule has 0 radical (unpaired) electrons. The molecule has 0 fully saturated rings. The van der Waals surface area contributed by atoms with Crippen LogP contribution in [0.5, 0.6) is 0 Å². The fourth-order valence-corrected chi connectivity index (χ4v) is 1.61. The summed E-state index contributed by atoms with van der Waals surface area (Å²) in [5.41, 5.74) is -0.602. The van der Waals surface area contributed by atoms with E-state index in [1.807, 2.05) is 0 Å². The molecule has 1 unspecified atom stereocenters. The van der Waals surface area contributed by atoms with Crippen LogP contribution in [0.1, 0.15) is 0 Å². The Kier molecular flexibility index (Phi) is 3.80. The minimum Gasteiger partial charge on any atom is -0.340 e. The summed E-state index contributed by atoms with van der Waals surface area (Å²) in [4.78, 5) is 5.23. The van der Waals surface area contributed by atoms with Crippen LogP contribution >= 0.6 is 39.1 Å². The third-order valence-electron chi connectivity index (χ3n) is 1.31. The number of aliphatic imine (C=N–C) groups is 1. The molecule has 1 rings (SSSR count). The van der Waals surface area contributed by atoms with Crippen molar-refractivity contribution < 1.29 is 4.39 Å². The first-order valence-corrected chi connectivity index (χ1v) is 5.15. The van der Waals surface area contributed by atoms with Gasteiger partial charge < -0.3 is 4.90 Å². The molecule has 1 heterocycles. The molecule has 0 amide bonds. The molecule has 68 valence electrons. The van der Waals surface area contributed by atoms with E-state index < -0.39 is 11.5 Å². The van der Waals surface area contributed by atoms with Gasteiger partial charge in [0.25, 0.3) is 0 Å². The summed E-state index contributed by atoms with van der Waals surface area (Å²) in [7, 11) is 0. The molecule has 1 atom stereocenters. The van der Waals surface area contributed by atoms with E-state index in [1.54, 1.807) is 4.90 Å². The fourth-order valence-electron chi connectivity index (χ4n) is 0.758. The zero-order valence-electron chi connectivity index (χ0n) is 5.98. The van der Waals surface area contributed by atoms with Crippen molar-refractivity contribution >= 4 is 44.3 Å². The molecule has 0 aromatic carbocycles. The average Bonchev–Trinajstić information content (AvgIpc) is 2.01. The predicted octanol–water partition coefficient (Wildman–Crippen LogP) is 2.67. The van der Waals surface area contributed by atoms with Gasteiger partial charge in [0, 0.05) is 18.1 Å². The number of hydrogen-bond donors (Lipinski definition) is 0. The summed E-state index contributed by atoms with van der Waals surface area (Å²) in [6, 6.07) is 0. The first-order chi connectivity index (χ1) is 5.65. The van der Waals surface area contributed by atoms with Crippen molar-refractivity contribution in [2.45, 2.75) is 5.62 Å². The number of hydrogen-bond acceptors (Lipinski definition) is 2. The lowest BCUT2D eigenvalue weighted by Gasteiger charge is -2.25. The number of rotatable bonds is 2. The Hall–Kier alpha value is 0.200. The van der Waals surface area contributed by atoms with Crippen LogP contribution in [0.25, 0.3) is 0 Å². The second-order valence-electron chi connectivity index (χ2n) is 2.13. The second-order valence-corrected chi connectivity index (χ2v) is 3.68. The van der Waals surface area contributed by atoms with Crippen molar-refractivity contribution in [3.63, 3.8) is 0 Å². The van der Waals surface area contributed by atoms with Crippen molar-refractivity contribution in [1.29, 1.82) is 0 Å². The Morgan fingerprint density at radius 2 is 2.42 bits per heavy atom. The summed E-state index contributed by atoms with van der Waals surface area (Å²) < 4.78 is 12.8. The SMILES string of the molecule is FC1=CN(CCBr)C(Cl)N=C1Cl. The monoisotopic (exact) mass is 274 g/mol. The first-order valence-electron chi connectivity index (χ1n) is 3.22. The number of nitrogens with zero attached hydrogens (tertiary/aromatic N) is 2. The number of halogens is 4. The maximum absolute atomic E-state index is 12.8. The molecule has 0 aromatic heterocycles. The van der Waals surface area contributed by atoms with Gasteiger partial charge in [-0.1, -0.05) is 39.1 Å². The zero-order valence-corrected chi connectivity index (χ0v) is 9.07. The lowest BCUT2D eigenvalue weighted by Crippen LogP contribution is -2.30. The molecule has 0 bridgehead atoms.